The Morgan fingerprint density at radius 2 is 1.74 bits per heavy atom. The van der Waals surface area contributed by atoms with Gasteiger partial charge < -0.3 is 39.4 Å². The molecule has 4 N–H and O–H groups in total. The van der Waals surface area contributed by atoms with Gasteiger partial charge >= 0.3 is 5.97 Å². The molecule has 260 valence electrons. The first-order valence-corrected chi connectivity index (χ1v) is 17.6. The maximum atomic E-state index is 14.4. The summed E-state index contributed by atoms with van der Waals surface area (Å²) in [4.78, 5) is 14.4. The third-order valence-electron chi connectivity index (χ3n) is 14.6. The van der Waals surface area contributed by atoms with E-state index < -0.39 is 59.8 Å². The van der Waals surface area contributed by atoms with Crippen molar-refractivity contribution >= 4 is 5.97 Å². The van der Waals surface area contributed by atoms with Gasteiger partial charge in [-0.05, 0) is 93.5 Å². The average Bonchev–Trinajstić information content (AvgIpc) is 3.37. The van der Waals surface area contributed by atoms with E-state index in [1.807, 2.05) is 0 Å². The third-order valence-corrected chi connectivity index (χ3v) is 14.6. The van der Waals surface area contributed by atoms with E-state index >= 15 is 0 Å². The van der Waals surface area contributed by atoms with Crippen molar-refractivity contribution < 1.29 is 44.2 Å². The zero-order chi connectivity index (χ0) is 33.7. The van der Waals surface area contributed by atoms with E-state index in [1.165, 1.54) is 0 Å². The van der Waals surface area contributed by atoms with Gasteiger partial charge in [-0.2, -0.15) is 0 Å². The Labute approximate surface area is 274 Å². The van der Waals surface area contributed by atoms with Gasteiger partial charge in [-0.15, -0.1) is 0 Å². The van der Waals surface area contributed by atoms with Gasteiger partial charge in [-0.1, -0.05) is 52.8 Å². The standard InChI is InChI=1S/C37H58O9/c1-21(10-9-15-32(2,3)43-8)22-13-16-35(7)24-14-17-37-25(36(24,31(42)46-37)19-18-34(22,35)6)11-12-26(33(37,4)5)45-30-29(41)28(40)27(39)23(20-38)44-30/h9,14-15,17,21-30,38-41H,10-13,16,18-20H2,1-8H3/b15-9+/t21-,22-,23-,24+,25+,26+,27-,28+,29-,30+,34-,35+,36+,37-/m1/s1. The van der Waals surface area contributed by atoms with E-state index in [0.29, 0.717) is 18.3 Å². The normalized spacial score (nSPS) is 50.2. The van der Waals surface area contributed by atoms with Crippen LogP contribution in [0.25, 0.3) is 0 Å². The average molecular weight is 647 g/mol. The van der Waals surface area contributed by atoms with Crippen LogP contribution in [0.2, 0.25) is 0 Å². The van der Waals surface area contributed by atoms with Crippen LogP contribution >= 0.6 is 0 Å². The molecular formula is C37H58O9. The minimum absolute atomic E-state index is 0.00390. The van der Waals surface area contributed by atoms with Crippen LogP contribution in [0.4, 0.5) is 0 Å². The highest BCUT2D eigenvalue weighted by molar-refractivity contribution is 5.83. The molecule has 0 aromatic carbocycles. The number of methoxy groups -OCH3 is 1. The molecule has 46 heavy (non-hydrogen) atoms. The maximum absolute atomic E-state index is 14.4. The Morgan fingerprint density at radius 3 is 2.41 bits per heavy atom. The third kappa shape index (κ3) is 4.55. The van der Waals surface area contributed by atoms with Gasteiger partial charge in [0.25, 0.3) is 0 Å². The number of aliphatic hydroxyl groups is 4. The molecule has 5 fully saturated rings. The van der Waals surface area contributed by atoms with Gasteiger partial charge in [-0.3, -0.25) is 4.79 Å². The lowest BCUT2D eigenvalue weighted by molar-refractivity contribution is -0.329. The Hall–Kier alpha value is -1.33. The summed E-state index contributed by atoms with van der Waals surface area (Å²) in [5.74, 6) is 1.08. The molecule has 0 amide bonds. The van der Waals surface area contributed by atoms with Crippen LogP contribution in [0, 0.1) is 45.3 Å². The molecule has 0 aromatic heterocycles. The van der Waals surface area contributed by atoms with Gasteiger partial charge in [0.1, 0.15) is 30.0 Å². The van der Waals surface area contributed by atoms with Crippen molar-refractivity contribution in [1.29, 1.82) is 0 Å². The molecule has 9 nitrogen and oxygen atoms in total. The fourth-order valence-corrected chi connectivity index (χ4v) is 11.4. The highest BCUT2D eigenvalue weighted by Gasteiger charge is 2.79. The van der Waals surface area contributed by atoms with Gasteiger partial charge in [0.15, 0.2) is 6.29 Å². The van der Waals surface area contributed by atoms with Gasteiger partial charge in [0.2, 0.25) is 0 Å². The Kier molecular flexibility index (Phi) is 8.53. The van der Waals surface area contributed by atoms with E-state index in [0.717, 1.165) is 38.5 Å². The molecule has 6 rings (SSSR count). The molecule has 9 heteroatoms. The monoisotopic (exact) mass is 646 g/mol. The smallest absolute Gasteiger partial charge is 0.314 e. The van der Waals surface area contributed by atoms with Crippen molar-refractivity contribution in [3.05, 3.63) is 24.3 Å². The molecule has 0 unspecified atom stereocenters. The summed E-state index contributed by atoms with van der Waals surface area (Å²) in [6, 6.07) is 0. The van der Waals surface area contributed by atoms with Crippen LogP contribution < -0.4 is 0 Å². The van der Waals surface area contributed by atoms with Crippen LogP contribution in [0.1, 0.15) is 93.4 Å². The molecule has 0 radical (unpaired) electrons. The molecule has 6 aliphatic rings. The van der Waals surface area contributed by atoms with Crippen molar-refractivity contribution in [2.24, 2.45) is 45.3 Å². The molecule has 14 atom stereocenters. The van der Waals surface area contributed by atoms with Crippen LogP contribution in [0.5, 0.6) is 0 Å². The number of allylic oxidation sites excluding steroid dienone is 2. The van der Waals surface area contributed by atoms with E-state index in [-0.39, 0.29) is 34.2 Å². The predicted octanol–water partition coefficient (Wildman–Crippen LogP) is 4.30. The van der Waals surface area contributed by atoms with Crippen molar-refractivity contribution in [3.63, 3.8) is 0 Å². The zero-order valence-electron chi connectivity index (χ0n) is 29.1. The Bertz CT molecular complexity index is 1240. The van der Waals surface area contributed by atoms with Gasteiger partial charge in [0, 0.05) is 18.4 Å². The van der Waals surface area contributed by atoms with Crippen LogP contribution in [-0.2, 0) is 23.7 Å². The summed E-state index contributed by atoms with van der Waals surface area (Å²) in [5.41, 5.74) is -2.36. The summed E-state index contributed by atoms with van der Waals surface area (Å²) in [5, 5.41) is 41.1. The molecule has 4 aliphatic carbocycles. The second-order valence-corrected chi connectivity index (χ2v) is 17.1. The van der Waals surface area contributed by atoms with Gasteiger partial charge in [-0.25, -0.2) is 0 Å². The highest BCUT2D eigenvalue weighted by Crippen LogP contribution is 2.78. The summed E-state index contributed by atoms with van der Waals surface area (Å²) in [6.07, 6.45) is 8.16. The van der Waals surface area contributed by atoms with E-state index in [9.17, 15) is 25.2 Å². The van der Waals surface area contributed by atoms with Crippen molar-refractivity contribution in [2.75, 3.05) is 13.7 Å². The van der Waals surface area contributed by atoms with Crippen molar-refractivity contribution in [1.82, 2.24) is 0 Å². The number of rotatable bonds is 8. The molecule has 2 heterocycles. The van der Waals surface area contributed by atoms with Crippen LogP contribution in [-0.4, -0.2) is 88.1 Å². The predicted molar refractivity (Wildman–Crippen MR) is 171 cm³/mol. The lowest BCUT2D eigenvalue weighted by atomic mass is 9.38. The summed E-state index contributed by atoms with van der Waals surface area (Å²) >= 11 is 0. The second kappa shape index (κ2) is 11.4. The van der Waals surface area contributed by atoms with Crippen LogP contribution in [0.15, 0.2) is 24.3 Å². The minimum atomic E-state index is -1.51. The van der Waals surface area contributed by atoms with Crippen molar-refractivity contribution in [2.45, 2.75) is 141 Å². The lowest BCUT2D eigenvalue weighted by Crippen LogP contribution is -2.66. The minimum Gasteiger partial charge on any atom is -0.453 e. The molecule has 1 spiro atoms. The number of hydrogen-bond donors (Lipinski definition) is 4. The topological polar surface area (TPSA) is 135 Å². The first-order chi connectivity index (χ1) is 21.5. The number of fused-ring (bicyclic) bond motifs is 2. The highest BCUT2D eigenvalue weighted by atomic mass is 16.7. The number of carbonyl (C=O) groups excluding carboxylic acids is 1. The first kappa shape index (κ1) is 34.5. The zero-order valence-corrected chi connectivity index (χ0v) is 29.1. The summed E-state index contributed by atoms with van der Waals surface area (Å²) in [7, 11) is 1.75. The molecular weight excluding hydrogens is 588 g/mol. The van der Waals surface area contributed by atoms with E-state index in [4.69, 9.17) is 18.9 Å². The number of hydrogen-bond acceptors (Lipinski definition) is 9. The number of aliphatic hydroxyl groups excluding tert-OH is 4. The quantitative estimate of drug-likeness (QED) is 0.225. The summed E-state index contributed by atoms with van der Waals surface area (Å²) < 4.78 is 24.3. The van der Waals surface area contributed by atoms with E-state index in [2.05, 4.69) is 72.8 Å². The number of carbonyl (C=O) groups is 1. The Balaban J connectivity index is 1.27. The Morgan fingerprint density at radius 1 is 1.02 bits per heavy atom. The number of esters is 1. The SMILES string of the molecule is COC(C)(C)/C=C/C[C@@H](C)[C@H]1CC[C@@]2(C)[C@@H]3C=C[C@@]45OC(=O)[C@]3(CC[C@]12C)[C@@H]4CC[C@H](O[C@@H]1O[C@H](CO)[C@@H](O)[C@H](O)[C@H]1O)C5(C)C. The lowest BCUT2D eigenvalue weighted by Gasteiger charge is -2.63. The molecule has 2 bridgehead atoms. The summed E-state index contributed by atoms with van der Waals surface area (Å²) in [6.45, 7) is 15.1. The maximum Gasteiger partial charge on any atom is 0.314 e. The number of ether oxygens (including phenoxy) is 4. The van der Waals surface area contributed by atoms with E-state index in [1.54, 1.807) is 7.11 Å². The van der Waals surface area contributed by atoms with Gasteiger partial charge in [0.05, 0.1) is 23.7 Å². The van der Waals surface area contributed by atoms with Crippen LogP contribution in [0.3, 0.4) is 0 Å². The fourth-order valence-electron chi connectivity index (χ4n) is 11.4. The molecule has 2 aliphatic heterocycles. The molecule has 0 aromatic rings. The fraction of sp³-hybridized carbons (Fsp3) is 0.865. The second-order valence-electron chi connectivity index (χ2n) is 17.1. The molecule has 3 saturated carbocycles. The first-order valence-electron chi connectivity index (χ1n) is 17.6. The van der Waals surface area contributed by atoms with Crippen molar-refractivity contribution in [3.8, 4) is 0 Å². The largest absolute Gasteiger partial charge is 0.453 e. The molecule has 2 saturated heterocycles.